The highest BCUT2D eigenvalue weighted by Crippen LogP contribution is 2.27. The van der Waals surface area contributed by atoms with Crippen molar-refractivity contribution >= 4 is 27.9 Å². The molecule has 0 aliphatic rings. The van der Waals surface area contributed by atoms with Crippen LogP contribution in [0, 0.1) is 6.92 Å². The maximum absolute atomic E-state index is 11.5. The van der Waals surface area contributed by atoms with Crippen molar-refractivity contribution in [3.8, 4) is 0 Å². The summed E-state index contributed by atoms with van der Waals surface area (Å²) in [4.78, 5) is 16.5. The minimum Gasteiger partial charge on any atom is -0.466 e. The van der Waals surface area contributed by atoms with Crippen LogP contribution in [0.3, 0.4) is 0 Å². The molecule has 4 rings (SSSR count). The first kappa shape index (κ1) is 21.2. The van der Waals surface area contributed by atoms with Crippen LogP contribution in [-0.2, 0) is 29.5 Å². The van der Waals surface area contributed by atoms with Crippen molar-refractivity contribution in [2.45, 2.75) is 52.5 Å². The van der Waals surface area contributed by atoms with Crippen molar-refractivity contribution in [2.75, 3.05) is 6.61 Å². The largest absolute Gasteiger partial charge is 0.466 e. The molecule has 4 aromatic rings. The SMILES string of the molecule is CCOC(=O)CCCCCc1nc2ccccc2n1Cc1cn(C)c2cccc(C)c12. The first-order chi connectivity index (χ1) is 15.1. The van der Waals surface area contributed by atoms with Crippen molar-refractivity contribution in [1.82, 2.24) is 14.1 Å². The van der Waals surface area contributed by atoms with E-state index in [1.807, 2.05) is 13.0 Å². The van der Waals surface area contributed by atoms with Crippen molar-refractivity contribution in [1.29, 1.82) is 0 Å². The average Bonchev–Trinajstić information content (AvgIpc) is 3.27. The zero-order valence-electron chi connectivity index (χ0n) is 18.7. The number of esters is 1. The predicted molar refractivity (Wildman–Crippen MR) is 125 cm³/mol. The van der Waals surface area contributed by atoms with Crippen molar-refractivity contribution in [3.63, 3.8) is 0 Å². The lowest BCUT2D eigenvalue weighted by atomic mass is 10.1. The molecule has 0 amide bonds. The third-order valence-electron chi connectivity index (χ3n) is 5.95. The number of carbonyl (C=O) groups is 1. The van der Waals surface area contributed by atoms with Crippen LogP contribution in [0.2, 0.25) is 0 Å². The molecule has 0 aliphatic heterocycles. The van der Waals surface area contributed by atoms with Gasteiger partial charge in [-0.1, -0.05) is 30.7 Å². The van der Waals surface area contributed by atoms with Gasteiger partial charge in [0.15, 0.2) is 0 Å². The molecule has 162 valence electrons. The number of imidazole rings is 1. The number of benzene rings is 2. The lowest BCUT2D eigenvalue weighted by Crippen LogP contribution is -2.06. The van der Waals surface area contributed by atoms with E-state index in [0.29, 0.717) is 13.0 Å². The summed E-state index contributed by atoms with van der Waals surface area (Å²) in [7, 11) is 2.11. The number of para-hydroxylation sites is 2. The molecule has 5 nitrogen and oxygen atoms in total. The van der Waals surface area contributed by atoms with Gasteiger partial charge in [0.2, 0.25) is 0 Å². The Morgan fingerprint density at radius 3 is 2.68 bits per heavy atom. The minimum absolute atomic E-state index is 0.0962. The Morgan fingerprint density at radius 2 is 1.84 bits per heavy atom. The number of ether oxygens (including phenoxy) is 1. The molecule has 0 bridgehead atoms. The molecule has 0 radical (unpaired) electrons. The molecule has 5 heteroatoms. The molecule has 0 aliphatic carbocycles. The van der Waals surface area contributed by atoms with Crippen LogP contribution in [0.15, 0.2) is 48.7 Å². The summed E-state index contributed by atoms with van der Waals surface area (Å²) >= 11 is 0. The first-order valence-electron chi connectivity index (χ1n) is 11.2. The monoisotopic (exact) mass is 417 g/mol. The highest BCUT2D eigenvalue weighted by molar-refractivity contribution is 5.87. The van der Waals surface area contributed by atoms with Gasteiger partial charge in [-0.25, -0.2) is 4.98 Å². The Morgan fingerprint density at radius 1 is 1.03 bits per heavy atom. The van der Waals surface area contributed by atoms with Crippen LogP contribution < -0.4 is 0 Å². The summed E-state index contributed by atoms with van der Waals surface area (Å²) in [6, 6.07) is 14.9. The highest BCUT2D eigenvalue weighted by Gasteiger charge is 2.15. The van der Waals surface area contributed by atoms with Gasteiger partial charge in [0.1, 0.15) is 5.82 Å². The number of aryl methyl sites for hydroxylation is 3. The molecule has 2 aromatic carbocycles. The van der Waals surface area contributed by atoms with Gasteiger partial charge in [0.05, 0.1) is 24.2 Å². The van der Waals surface area contributed by atoms with Gasteiger partial charge < -0.3 is 13.9 Å². The van der Waals surface area contributed by atoms with Gasteiger partial charge in [-0.2, -0.15) is 0 Å². The Balaban J connectivity index is 1.56. The summed E-state index contributed by atoms with van der Waals surface area (Å²) in [6.45, 7) is 5.29. The molecule has 0 spiro atoms. The number of unbranched alkanes of at least 4 members (excludes halogenated alkanes) is 2. The quantitative estimate of drug-likeness (QED) is 0.265. The van der Waals surface area contributed by atoms with Crippen molar-refractivity contribution in [3.05, 3.63) is 65.6 Å². The Labute approximate surface area is 183 Å². The molecule has 2 heterocycles. The van der Waals surface area contributed by atoms with Crippen LogP contribution in [-0.4, -0.2) is 26.7 Å². The van der Waals surface area contributed by atoms with Crippen LogP contribution in [0.4, 0.5) is 0 Å². The van der Waals surface area contributed by atoms with Gasteiger partial charge in [-0.15, -0.1) is 0 Å². The fraction of sp³-hybridized carbons (Fsp3) is 0.385. The maximum Gasteiger partial charge on any atom is 0.305 e. The molecule has 0 saturated heterocycles. The molecule has 0 N–H and O–H groups in total. The van der Waals surface area contributed by atoms with Crippen LogP contribution >= 0.6 is 0 Å². The number of hydrogen-bond donors (Lipinski definition) is 0. The van der Waals surface area contributed by atoms with E-state index in [1.54, 1.807) is 0 Å². The Bertz CT molecular complexity index is 1200. The lowest BCUT2D eigenvalue weighted by molar-refractivity contribution is -0.143. The fourth-order valence-corrected chi connectivity index (χ4v) is 4.48. The molecule has 0 unspecified atom stereocenters. The van der Waals surface area contributed by atoms with Crippen LogP contribution in [0.1, 0.15) is 49.6 Å². The number of hydrogen-bond acceptors (Lipinski definition) is 3. The first-order valence-corrected chi connectivity index (χ1v) is 11.2. The second-order valence-corrected chi connectivity index (χ2v) is 8.20. The summed E-state index contributed by atoms with van der Waals surface area (Å²) in [5.74, 6) is 1.02. The van der Waals surface area contributed by atoms with Gasteiger partial charge in [0.25, 0.3) is 0 Å². The van der Waals surface area contributed by atoms with E-state index in [0.717, 1.165) is 43.6 Å². The fourth-order valence-electron chi connectivity index (χ4n) is 4.48. The molecular weight excluding hydrogens is 386 g/mol. The van der Waals surface area contributed by atoms with Crippen molar-refractivity contribution < 1.29 is 9.53 Å². The number of aromatic nitrogens is 3. The summed E-state index contributed by atoms with van der Waals surface area (Å²) in [6.07, 6.45) is 6.52. The maximum atomic E-state index is 11.5. The number of nitrogens with zero attached hydrogens (tertiary/aromatic N) is 3. The lowest BCUT2D eigenvalue weighted by Gasteiger charge is -2.10. The Kier molecular flexibility index (Phi) is 6.40. The summed E-state index contributed by atoms with van der Waals surface area (Å²) in [5.41, 5.74) is 6.11. The van der Waals surface area contributed by atoms with E-state index in [-0.39, 0.29) is 5.97 Å². The third kappa shape index (κ3) is 4.50. The topological polar surface area (TPSA) is 49.0 Å². The zero-order chi connectivity index (χ0) is 21.8. The molecule has 2 aromatic heterocycles. The summed E-state index contributed by atoms with van der Waals surface area (Å²) < 4.78 is 9.60. The zero-order valence-corrected chi connectivity index (χ0v) is 18.7. The predicted octanol–water partition coefficient (Wildman–Crippen LogP) is 5.55. The van der Waals surface area contributed by atoms with E-state index in [1.165, 1.54) is 27.5 Å². The number of fused-ring (bicyclic) bond motifs is 2. The Hall–Kier alpha value is -3.08. The number of carbonyl (C=O) groups excluding carboxylic acids is 1. The second-order valence-electron chi connectivity index (χ2n) is 8.20. The molecule has 31 heavy (non-hydrogen) atoms. The van der Waals surface area contributed by atoms with E-state index >= 15 is 0 Å². The van der Waals surface area contributed by atoms with Crippen LogP contribution in [0.25, 0.3) is 21.9 Å². The smallest absolute Gasteiger partial charge is 0.305 e. The highest BCUT2D eigenvalue weighted by atomic mass is 16.5. The van der Waals surface area contributed by atoms with Crippen molar-refractivity contribution in [2.24, 2.45) is 7.05 Å². The van der Waals surface area contributed by atoms with Gasteiger partial charge >= 0.3 is 5.97 Å². The molecular formula is C26H31N3O2. The van der Waals surface area contributed by atoms with E-state index in [2.05, 4.69) is 65.7 Å². The molecule has 0 fully saturated rings. The van der Waals surface area contributed by atoms with Gasteiger partial charge in [-0.05, 0) is 56.0 Å². The van der Waals surface area contributed by atoms with Crippen LogP contribution in [0.5, 0.6) is 0 Å². The standard InChI is InChI=1S/C26H31N3O2/c1-4-31-25(30)16-7-5-6-15-24-27-21-12-8-9-13-22(21)29(24)18-20-17-28(3)23-14-10-11-19(2)26(20)23/h8-14,17H,4-7,15-16,18H2,1-3H3. The summed E-state index contributed by atoms with van der Waals surface area (Å²) in [5, 5.41) is 1.34. The van der Waals surface area contributed by atoms with E-state index < -0.39 is 0 Å². The van der Waals surface area contributed by atoms with Gasteiger partial charge in [0, 0.05) is 37.0 Å². The number of rotatable bonds is 9. The minimum atomic E-state index is -0.0962. The van der Waals surface area contributed by atoms with E-state index in [4.69, 9.17) is 9.72 Å². The second kappa shape index (κ2) is 9.38. The molecule has 0 saturated carbocycles. The normalized spacial score (nSPS) is 11.5. The van der Waals surface area contributed by atoms with Gasteiger partial charge in [-0.3, -0.25) is 4.79 Å². The van der Waals surface area contributed by atoms with E-state index in [9.17, 15) is 4.79 Å². The molecule has 0 atom stereocenters. The average molecular weight is 418 g/mol. The third-order valence-corrected chi connectivity index (χ3v) is 5.95.